The third kappa shape index (κ3) is 4.63. The van der Waals surface area contributed by atoms with Crippen molar-refractivity contribution in [3.63, 3.8) is 0 Å². The molecule has 3 saturated heterocycles. The molecular weight excluding hydrogens is 492 g/mol. The number of fused-ring (bicyclic) bond motifs is 6. The van der Waals surface area contributed by atoms with E-state index in [2.05, 4.69) is 22.9 Å². The van der Waals surface area contributed by atoms with Gasteiger partial charge in [-0.15, -0.1) is 0 Å². The molecule has 2 unspecified atom stereocenters. The molecule has 0 spiro atoms. The lowest BCUT2D eigenvalue weighted by molar-refractivity contribution is -0.170. The van der Waals surface area contributed by atoms with Gasteiger partial charge >= 0.3 is 23.9 Å². The second-order valence-corrected chi connectivity index (χ2v) is 9.87. The zero-order chi connectivity index (χ0) is 27.2. The van der Waals surface area contributed by atoms with Crippen LogP contribution in [-0.2, 0) is 30.3 Å². The number of nitrogens with zero attached hydrogens (tertiary/aromatic N) is 2. The largest absolute Gasteiger partial charge is 0.496 e. The molecule has 0 radical (unpaired) electrons. The summed E-state index contributed by atoms with van der Waals surface area (Å²) in [6.45, 7) is 0.656. The lowest BCUT2D eigenvalue weighted by atomic mass is 9.82. The van der Waals surface area contributed by atoms with Gasteiger partial charge in [-0.3, -0.25) is 24.2 Å². The number of piperazine rings is 1. The highest BCUT2D eigenvalue weighted by atomic mass is 16.5. The first-order valence-corrected chi connectivity index (χ1v) is 11.8. The van der Waals surface area contributed by atoms with E-state index < -0.39 is 42.3 Å². The minimum atomic E-state index is -2.74. The number of likely N-dealkylation sites (N-methyl/N-ethyl adjacent to an activating group) is 1. The van der Waals surface area contributed by atoms with Crippen molar-refractivity contribution in [3.05, 3.63) is 29.3 Å². The van der Waals surface area contributed by atoms with Crippen LogP contribution in [0.4, 0.5) is 0 Å². The van der Waals surface area contributed by atoms with E-state index in [-0.39, 0.29) is 36.3 Å². The predicted octanol–water partition coefficient (Wildman–Crippen LogP) is -0.142. The number of hydrogen-bond acceptors (Lipinski definition) is 9. The Kier molecular flexibility index (Phi) is 7.16. The van der Waals surface area contributed by atoms with Crippen LogP contribution in [0.15, 0.2) is 18.2 Å². The second-order valence-electron chi connectivity index (χ2n) is 9.87. The van der Waals surface area contributed by atoms with E-state index in [0.717, 1.165) is 12.2 Å². The summed E-state index contributed by atoms with van der Waals surface area (Å²) in [5.41, 5.74) is -0.236. The Morgan fingerprint density at radius 2 is 1.73 bits per heavy atom. The van der Waals surface area contributed by atoms with Crippen LogP contribution in [0.5, 0.6) is 5.75 Å². The van der Waals surface area contributed by atoms with E-state index in [4.69, 9.17) is 29.9 Å². The van der Waals surface area contributed by atoms with Crippen molar-refractivity contribution < 1.29 is 54.2 Å². The third-order valence-electron chi connectivity index (χ3n) is 7.83. The van der Waals surface area contributed by atoms with E-state index in [9.17, 15) is 24.3 Å². The smallest absolute Gasteiger partial charge is 0.336 e. The van der Waals surface area contributed by atoms with Gasteiger partial charge in [0, 0.05) is 17.6 Å². The lowest BCUT2D eigenvalue weighted by Crippen LogP contribution is -2.64. The van der Waals surface area contributed by atoms with Crippen molar-refractivity contribution in [1.29, 1.82) is 0 Å². The zero-order valence-corrected chi connectivity index (χ0v) is 20.3. The van der Waals surface area contributed by atoms with Crippen molar-refractivity contribution in [2.75, 3.05) is 20.8 Å². The molecule has 0 aliphatic carbocycles. The van der Waals surface area contributed by atoms with Gasteiger partial charge in [-0.2, -0.15) is 0 Å². The highest BCUT2D eigenvalue weighted by Crippen LogP contribution is 2.52. The third-order valence-corrected chi connectivity index (χ3v) is 7.83. The van der Waals surface area contributed by atoms with E-state index in [0.29, 0.717) is 13.0 Å². The van der Waals surface area contributed by atoms with Crippen molar-refractivity contribution in [3.8, 4) is 5.75 Å². The molecule has 5 N–H and O–H groups in total. The van der Waals surface area contributed by atoms with Gasteiger partial charge in [0.2, 0.25) is 0 Å². The Balaban J connectivity index is 0.000000212. The van der Waals surface area contributed by atoms with Gasteiger partial charge in [-0.25, -0.2) is 4.79 Å². The Morgan fingerprint density at radius 1 is 1.08 bits per heavy atom. The fourth-order valence-corrected chi connectivity index (χ4v) is 6.34. The molecule has 5 rings (SSSR count). The Hall–Kier alpha value is -3.26. The van der Waals surface area contributed by atoms with E-state index in [1.165, 1.54) is 11.1 Å². The molecule has 6 atom stereocenters. The summed E-state index contributed by atoms with van der Waals surface area (Å²) < 4.78 is 11.8. The second kappa shape index (κ2) is 9.89. The summed E-state index contributed by atoms with van der Waals surface area (Å²) in [7, 11) is 3.77. The number of carboxylic acid groups (broad SMARTS) is 4. The number of carbonyl (C=O) groups is 4. The maximum absolute atomic E-state index is 11.8. The van der Waals surface area contributed by atoms with Crippen LogP contribution < -0.4 is 4.74 Å². The van der Waals surface area contributed by atoms with Crippen LogP contribution >= 0.6 is 0 Å². The van der Waals surface area contributed by atoms with Crippen molar-refractivity contribution in [1.82, 2.24) is 9.80 Å². The first-order valence-electron chi connectivity index (χ1n) is 11.8. The number of hydrogen-bond donors (Lipinski definition) is 5. The average Bonchev–Trinajstić information content (AvgIpc) is 3.34. The highest BCUT2D eigenvalue weighted by Gasteiger charge is 2.62. The van der Waals surface area contributed by atoms with Crippen LogP contribution in [0, 0.1) is 5.92 Å². The molecule has 0 saturated carbocycles. The number of methoxy groups -OCH3 is 1. The van der Waals surface area contributed by atoms with Gasteiger partial charge in [0.25, 0.3) is 0 Å². The summed E-state index contributed by atoms with van der Waals surface area (Å²) in [5.74, 6) is -5.09. The average molecular weight is 523 g/mol. The minimum Gasteiger partial charge on any atom is -0.496 e. The van der Waals surface area contributed by atoms with E-state index >= 15 is 0 Å². The molecule has 37 heavy (non-hydrogen) atoms. The summed E-state index contributed by atoms with van der Waals surface area (Å²) in [6.07, 6.45) is -0.768. The first kappa shape index (κ1) is 26.8. The number of benzene rings is 1. The molecule has 2 bridgehead atoms. The normalized spacial score (nSPS) is 29.9. The van der Waals surface area contributed by atoms with Crippen LogP contribution in [0.3, 0.4) is 0 Å². The predicted molar refractivity (Wildman–Crippen MR) is 123 cm³/mol. The van der Waals surface area contributed by atoms with E-state index in [1.54, 1.807) is 7.11 Å². The molecule has 4 heterocycles. The number of rotatable bonds is 7. The zero-order valence-electron chi connectivity index (χ0n) is 20.3. The molecule has 1 aromatic carbocycles. The lowest BCUT2D eigenvalue weighted by Gasteiger charge is -2.51. The number of aliphatic carboxylic acids is 4. The molecule has 202 valence electrons. The van der Waals surface area contributed by atoms with Gasteiger partial charge in [0.05, 0.1) is 44.6 Å². The first-order chi connectivity index (χ1) is 17.4. The van der Waals surface area contributed by atoms with Gasteiger partial charge in [0.15, 0.2) is 5.60 Å². The molecule has 13 heteroatoms. The molecule has 0 aromatic heterocycles. The summed E-state index contributed by atoms with van der Waals surface area (Å²) >= 11 is 0. The Morgan fingerprint density at radius 3 is 2.27 bits per heavy atom. The summed E-state index contributed by atoms with van der Waals surface area (Å²) in [6, 6.07) is 6.76. The van der Waals surface area contributed by atoms with Gasteiger partial charge in [-0.05, 0) is 31.5 Å². The van der Waals surface area contributed by atoms with Crippen LogP contribution in [0.2, 0.25) is 0 Å². The van der Waals surface area contributed by atoms with Crippen molar-refractivity contribution in [2.45, 2.75) is 61.7 Å². The summed E-state index contributed by atoms with van der Waals surface area (Å²) in [5, 5.41) is 43.5. The van der Waals surface area contributed by atoms with Crippen molar-refractivity contribution >= 4 is 23.9 Å². The molecular formula is C24H30N2O11. The molecule has 4 aliphatic heterocycles. The van der Waals surface area contributed by atoms with E-state index in [1.807, 2.05) is 12.1 Å². The fraction of sp³-hybridized carbons (Fsp3) is 0.583. The maximum atomic E-state index is 11.8. The number of aliphatic hydroxyl groups is 1. The standard InChI is InChI=1S/C18H22N2O4.C6H8O7/c1-19-12-7-10(18(21)22)16(19)11-6-9-4-3-5-14(23-2)15(9)13-8-24-17(12)20(11)13;7-3(8)1-6(13,5(11)12)2-4(9)10/h3-5,10-13,16-17H,6-8H2,1-2H3,(H,21,22);13H,1-2H2,(H,7,8)(H,9,10)(H,11,12)/t10-,11+,12?,13+,16?,17-;/m0./s1. The monoisotopic (exact) mass is 522 g/mol. The minimum absolute atomic E-state index is 0.0105. The van der Waals surface area contributed by atoms with Crippen molar-refractivity contribution in [2.24, 2.45) is 5.92 Å². The highest BCUT2D eigenvalue weighted by molar-refractivity contribution is 5.88. The topological polar surface area (TPSA) is 194 Å². The quantitative estimate of drug-likeness (QED) is 0.318. The number of ether oxygens (including phenoxy) is 2. The molecule has 1 aromatic rings. The van der Waals surface area contributed by atoms with Crippen LogP contribution in [0.25, 0.3) is 0 Å². The Bertz CT molecular complexity index is 1090. The molecule has 0 amide bonds. The molecule has 13 nitrogen and oxygen atoms in total. The Labute approximate surface area is 211 Å². The SMILES string of the molecule is COc1cccc2c1[C@H]1CO[C@H]3C4C[C@H](C(=O)O)C([C@@H](C2)N13)N4C.O=C(O)CC(O)(CC(=O)O)C(=O)O. The molecule has 3 fully saturated rings. The number of carboxylic acids is 4. The summed E-state index contributed by atoms with van der Waals surface area (Å²) in [4.78, 5) is 47.0. The van der Waals surface area contributed by atoms with Gasteiger partial charge in [0.1, 0.15) is 12.0 Å². The van der Waals surface area contributed by atoms with Gasteiger partial charge in [-0.1, -0.05) is 12.1 Å². The van der Waals surface area contributed by atoms with Gasteiger partial charge < -0.3 is 35.0 Å². The maximum Gasteiger partial charge on any atom is 0.336 e. The fourth-order valence-electron chi connectivity index (χ4n) is 6.34. The molecule has 4 aliphatic rings. The van der Waals surface area contributed by atoms with Crippen LogP contribution in [0.1, 0.15) is 36.4 Å². The van der Waals surface area contributed by atoms with Crippen LogP contribution in [-0.4, -0.2) is 110 Å².